The Morgan fingerprint density at radius 2 is 1.54 bits per heavy atom. The summed E-state index contributed by atoms with van der Waals surface area (Å²) in [4.78, 5) is 130. The number of para-hydroxylation sites is 1. The Hall–Kier alpha value is -11.1. The van der Waals surface area contributed by atoms with Crippen molar-refractivity contribution in [2.24, 2.45) is 22.8 Å². The Kier molecular flexibility index (Phi) is 26.4. The molecular weight excluding hydrogens is 1490 g/mol. The van der Waals surface area contributed by atoms with Crippen molar-refractivity contribution in [1.29, 1.82) is 0 Å². The number of ether oxygens (including phenoxy) is 3. The molecule has 0 radical (unpaired) electrons. The Morgan fingerprint density at radius 1 is 0.800 bits per heavy atom. The molecule has 32 heteroatoms. The Labute approximate surface area is 672 Å². The lowest BCUT2D eigenvalue weighted by molar-refractivity contribution is -0.159. The first kappa shape index (κ1) is 81.9. The zero-order chi connectivity index (χ0) is 81.0. The largest absolute Gasteiger partial charge is 0.488 e. The van der Waals surface area contributed by atoms with Gasteiger partial charge in [-0.15, -0.1) is 21.5 Å². The van der Waals surface area contributed by atoms with Gasteiger partial charge in [0.25, 0.3) is 17.7 Å². The Balaban J connectivity index is 0.558. The SMILES string of the molecule is Cc1ncsc1-c1ccc([C@H](C)NC(=O)[C@@H]2C[C@@H](O)CN2C(=O)[C@@H](c2cc(OCCN3CCN(CCOc4cc(N5C6CCC5CN(c5cc(-c7ccccc7OCc7ccc(NC(=O)[C@H](CCCNC(N)=O)N(CCCCCN8C(=O)C=CC8=O)C(=O)C8(C(N)=O)CCC8)cc7)nnc5N)C6)ccn4)[C@H](C)C3)no2)C(C)C)cc1. The second kappa shape index (κ2) is 37.0. The summed E-state index contributed by atoms with van der Waals surface area (Å²) >= 11 is 1.58. The normalized spacial score (nSPS) is 20.1. The number of nitrogens with zero attached hydrogens (tertiary/aromatic N) is 12. The number of aliphatic hydroxyl groups is 1. The number of hydrogen-bond donors (Lipinski definition) is 7. The zero-order valence-electron chi connectivity index (χ0n) is 65.8. The van der Waals surface area contributed by atoms with Crippen LogP contribution in [0.15, 0.2) is 125 Å². The number of nitrogens with one attached hydrogen (secondary N) is 3. The van der Waals surface area contributed by atoms with Gasteiger partial charge in [-0.2, -0.15) is 0 Å². The number of carbonyl (C=O) groups excluding carboxylic acids is 8. The fourth-order valence-corrected chi connectivity index (χ4v) is 17.5. The maximum absolute atomic E-state index is 14.5. The molecule has 5 aliphatic heterocycles. The molecule has 6 aliphatic rings. The van der Waals surface area contributed by atoms with Crippen LogP contribution in [0, 0.1) is 18.3 Å². The summed E-state index contributed by atoms with van der Waals surface area (Å²) in [7, 11) is 0. The number of β-amino-alcohol motifs (C(OH)–C–C–N with tert-alkyl or cyclic N) is 1. The molecule has 4 saturated heterocycles. The van der Waals surface area contributed by atoms with Crippen LogP contribution in [-0.4, -0.2) is 224 Å². The van der Waals surface area contributed by atoms with Gasteiger partial charge in [0, 0.05) is 144 Å². The van der Waals surface area contributed by atoms with Crippen LogP contribution in [0.4, 0.5) is 27.7 Å². The van der Waals surface area contributed by atoms with Gasteiger partial charge in [0.1, 0.15) is 49.0 Å². The molecule has 7 aromatic rings. The highest BCUT2D eigenvalue weighted by Crippen LogP contribution is 2.44. The molecule has 5 fully saturated rings. The van der Waals surface area contributed by atoms with Gasteiger partial charge < -0.3 is 76.6 Å². The smallest absolute Gasteiger partial charge is 0.312 e. The highest BCUT2D eigenvalue weighted by Gasteiger charge is 2.53. The van der Waals surface area contributed by atoms with Gasteiger partial charge in [0.2, 0.25) is 35.4 Å². The summed E-state index contributed by atoms with van der Waals surface area (Å²) in [6.07, 6.45) is 8.39. The molecule has 2 bridgehead atoms. The van der Waals surface area contributed by atoms with E-state index in [1.807, 2.05) is 118 Å². The van der Waals surface area contributed by atoms with E-state index in [4.69, 9.17) is 35.9 Å². The minimum Gasteiger partial charge on any atom is -0.488 e. The number of primary amides is 2. The van der Waals surface area contributed by atoms with Crippen molar-refractivity contribution in [2.45, 2.75) is 160 Å². The lowest BCUT2D eigenvalue weighted by Crippen LogP contribution is -2.59. The van der Waals surface area contributed by atoms with Crippen molar-refractivity contribution < 1.29 is 62.2 Å². The van der Waals surface area contributed by atoms with E-state index < -0.39 is 53.3 Å². The summed E-state index contributed by atoms with van der Waals surface area (Å²) in [5.74, 6) is -2.12. The third-order valence-corrected chi connectivity index (χ3v) is 24.1. The first-order valence-corrected chi connectivity index (χ1v) is 40.8. The van der Waals surface area contributed by atoms with E-state index in [0.29, 0.717) is 93.1 Å². The number of rotatable bonds is 36. The van der Waals surface area contributed by atoms with Crippen LogP contribution >= 0.6 is 11.3 Å². The minimum atomic E-state index is -1.46. The van der Waals surface area contributed by atoms with Gasteiger partial charge in [-0.05, 0) is 143 Å². The van der Waals surface area contributed by atoms with Gasteiger partial charge in [-0.25, -0.2) is 14.8 Å². The number of nitrogen functional groups attached to an aromatic ring is 1. The van der Waals surface area contributed by atoms with Crippen molar-refractivity contribution in [3.8, 4) is 39.2 Å². The quantitative estimate of drug-likeness (QED) is 0.0115. The number of imide groups is 1. The average Bonchev–Trinajstić information content (AvgIpc) is 1.75. The fourth-order valence-electron chi connectivity index (χ4n) is 16.7. The van der Waals surface area contributed by atoms with Crippen LogP contribution < -0.4 is 57.2 Å². The second-order valence-electron chi connectivity index (χ2n) is 31.2. The Bertz CT molecular complexity index is 4620. The summed E-state index contributed by atoms with van der Waals surface area (Å²) in [6, 6.07) is 28.0. The lowest BCUT2D eigenvalue weighted by Gasteiger charge is -2.43. The number of carbonyl (C=O) groups is 8. The molecule has 0 spiro atoms. The van der Waals surface area contributed by atoms with Gasteiger partial charge in [0.05, 0.1) is 39.6 Å². The molecule has 3 aromatic carbocycles. The second-order valence-corrected chi connectivity index (χ2v) is 32.0. The number of anilines is 4. The number of thiazole rings is 1. The van der Waals surface area contributed by atoms with E-state index in [9.17, 15) is 43.5 Å². The van der Waals surface area contributed by atoms with Crippen molar-refractivity contribution in [3.05, 3.63) is 144 Å². The Morgan fingerprint density at radius 3 is 2.23 bits per heavy atom. The first-order valence-electron chi connectivity index (χ1n) is 39.9. The number of likely N-dealkylation sites (tertiary alicyclic amines) is 1. The van der Waals surface area contributed by atoms with Gasteiger partial charge in [0.15, 0.2) is 11.6 Å². The topological polar surface area (TPSA) is 399 Å². The highest BCUT2D eigenvalue weighted by atomic mass is 32.1. The summed E-state index contributed by atoms with van der Waals surface area (Å²) in [6.45, 7) is 16.6. The molecule has 2 unspecified atom stereocenters. The number of amides is 9. The predicted octanol–water partition coefficient (Wildman–Crippen LogP) is 7.36. The summed E-state index contributed by atoms with van der Waals surface area (Å²) in [5, 5.41) is 32.7. The molecule has 1 saturated carbocycles. The van der Waals surface area contributed by atoms with Crippen LogP contribution in [0.5, 0.6) is 17.5 Å². The first-order chi connectivity index (χ1) is 55.5. The molecule has 13 rings (SSSR count). The third-order valence-electron chi connectivity index (χ3n) is 23.1. The minimum absolute atomic E-state index is 0.0278. The summed E-state index contributed by atoms with van der Waals surface area (Å²) in [5.41, 5.74) is 25.6. The van der Waals surface area contributed by atoms with Crippen LogP contribution in [0.1, 0.15) is 133 Å². The van der Waals surface area contributed by atoms with Gasteiger partial charge in [-0.3, -0.25) is 48.3 Å². The number of aryl methyl sites for hydroxylation is 1. The number of aromatic nitrogens is 5. The molecule has 610 valence electrons. The number of fused-ring (bicyclic) bond motifs is 2. The average molecular weight is 1590 g/mol. The lowest BCUT2D eigenvalue weighted by atomic mass is 9.67. The standard InChI is InChI=1S/C83H104N18O13S/c1-51(2)74(79(107)100-48-62(102)42-67(100)78(106)90-53(4)56-18-20-57(21-19-56)75-54(5)89-50-115-75)69-44-71(94-114-69)112-39-37-95-35-36-96(52(3)45-95)38-40-111-70-41-59(28-32-87-70)101-60-24-25-61(101)47-97(46-60)66-43-64(92-93-76(66)84)63-13-7-8-15-68(63)113-49-55-16-22-58(23-17-55)91-77(105)65(14-11-31-88-82(86)110)98(81(109)83(80(85)108)29-12-30-83)33-9-6-10-34-99-72(103)26-27-73(99)104/h7-8,13,15-23,26-28,32,41,43-44,50-53,60-62,65,67,74,102H,6,9-12,14,24-25,29-31,33-40,42,45-49H2,1-5H3,(H2,84,93)(H2,85,108)(H,90,106)(H,91,105)(H3,86,88,110)/t52-,53+,60?,61?,62-,65+,67+,74-/m1/s1. The molecule has 115 heavy (non-hydrogen) atoms. The van der Waals surface area contributed by atoms with Crippen molar-refractivity contribution in [1.82, 2.24) is 60.5 Å². The summed E-state index contributed by atoms with van der Waals surface area (Å²) < 4.78 is 24.8. The molecule has 8 atom stereocenters. The number of nitrogens with two attached hydrogens (primary N) is 3. The monoisotopic (exact) mass is 1590 g/mol. The van der Waals surface area contributed by atoms with E-state index >= 15 is 0 Å². The number of hydrogen-bond acceptors (Lipinski definition) is 24. The van der Waals surface area contributed by atoms with Crippen LogP contribution in [0.25, 0.3) is 21.7 Å². The third kappa shape index (κ3) is 19.3. The van der Waals surface area contributed by atoms with Crippen molar-refractivity contribution >= 4 is 81.6 Å². The predicted molar refractivity (Wildman–Crippen MR) is 432 cm³/mol. The molecule has 31 nitrogen and oxygen atoms in total. The number of aliphatic hydroxyl groups excluding tert-OH is 1. The van der Waals surface area contributed by atoms with Gasteiger partial charge >= 0.3 is 6.03 Å². The van der Waals surface area contributed by atoms with E-state index in [0.717, 1.165) is 88.1 Å². The number of urea groups is 1. The van der Waals surface area contributed by atoms with Crippen LogP contribution in [0.2, 0.25) is 0 Å². The van der Waals surface area contributed by atoms with E-state index in [1.165, 1.54) is 22.0 Å². The van der Waals surface area contributed by atoms with Crippen LogP contribution in [0.3, 0.4) is 0 Å². The molecule has 4 aromatic heterocycles. The fraction of sp³-hybridized carbons (Fsp3) is 0.482. The van der Waals surface area contributed by atoms with E-state index in [1.54, 1.807) is 29.5 Å². The number of benzene rings is 3. The van der Waals surface area contributed by atoms with E-state index in [2.05, 4.69) is 67.8 Å². The highest BCUT2D eigenvalue weighted by molar-refractivity contribution is 7.13. The maximum Gasteiger partial charge on any atom is 0.312 e. The van der Waals surface area contributed by atoms with E-state index in [-0.39, 0.29) is 124 Å². The van der Waals surface area contributed by atoms with Crippen LogP contribution in [-0.2, 0) is 40.2 Å². The van der Waals surface area contributed by atoms with Crippen molar-refractivity contribution in [2.75, 3.05) is 106 Å². The van der Waals surface area contributed by atoms with Crippen molar-refractivity contribution in [3.63, 3.8) is 0 Å². The maximum atomic E-state index is 14.5. The number of piperazine rings is 2. The molecule has 10 N–H and O–H groups in total. The molecular formula is C83H104N18O13S. The zero-order valence-corrected chi connectivity index (χ0v) is 66.6. The number of pyridine rings is 1. The molecule has 9 heterocycles. The molecule has 9 amide bonds. The number of unbranched alkanes of at least 4 members (excludes halogenated alkanes) is 2. The van der Waals surface area contributed by atoms with Gasteiger partial charge in [-0.1, -0.05) is 68.8 Å². The molecule has 1 aliphatic carbocycles.